The Morgan fingerprint density at radius 2 is 1.84 bits per heavy atom. The van der Waals surface area contributed by atoms with Crippen LogP contribution in [0.25, 0.3) is 0 Å². The number of carbonyl (C=O) groups excluding carboxylic acids is 2. The van der Waals surface area contributed by atoms with Crippen molar-refractivity contribution in [2.24, 2.45) is 11.8 Å². The van der Waals surface area contributed by atoms with Gasteiger partial charge in [-0.05, 0) is 69.0 Å². The standard InChI is InChI=1S/C19H28N2O3S/c1-13-3-5-14(6-4-13)18(22)21(15-7-10-20-11-8-15)16-9-12-25-17(16)19(23)24-2/h9,12-15,20H,3-8,10-11H2,1-2H3. The molecule has 1 aromatic rings. The van der Waals surface area contributed by atoms with Gasteiger partial charge in [-0.15, -0.1) is 11.3 Å². The highest BCUT2D eigenvalue weighted by atomic mass is 32.1. The first-order valence-electron chi connectivity index (χ1n) is 9.31. The van der Waals surface area contributed by atoms with Crippen LogP contribution in [0, 0.1) is 11.8 Å². The van der Waals surface area contributed by atoms with Crippen LogP contribution in [0.15, 0.2) is 11.4 Å². The second-order valence-electron chi connectivity index (χ2n) is 7.27. The molecular formula is C19H28N2O3S. The van der Waals surface area contributed by atoms with Gasteiger partial charge in [0, 0.05) is 12.0 Å². The number of piperidine rings is 1. The molecule has 2 aliphatic rings. The molecule has 0 spiro atoms. The molecule has 0 atom stereocenters. The first-order chi connectivity index (χ1) is 12.1. The average Bonchev–Trinajstić information content (AvgIpc) is 3.12. The lowest BCUT2D eigenvalue weighted by Crippen LogP contribution is -2.49. The fourth-order valence-corrected chi connectivity index (χ4v) is 4.80. The Kier molecular flexibility index (Phi) is 6.12. The Morgan fingerprint density at radius 3 is 2.48 bits per heavy atom. The van der Waals surface area contributed by atoms with Crippen molar-refractivity contribution in [1.29, 1.82) is 0 Å². The van der Waals surface area contributed by atoms with Gasteiger partial charge in [0.1, 0.15) is 4.88 Å². The van der Waals surface area contributed by atoms with E-state index in [9.17, 15) is 9.59 Å². The van der Waals surface area contributed by atoms with Crippen LogP contribution < -0.4 is 10.2 Å². The number of hydrogen-bond donors (Lipinski definition) is 1. The second-order valence-corrected chi connectivity index (χ2v) is 8.19. The zero-order valence-electron chi connectivity index (χ0n) is 15.1. The van der Waals surface area contributed by atoms with Crippen molar-refractivity contribution in [2.45, 2.75) is 51.5 Å². The number of carbonyl (C=O) groups is 2. The molecule has 25 heavy (non-hydrogen) atoms. The third-order valence-corrected chi connectivity index (χ3v) is 6.43. The highest BCUT2D eigenvalue weighted by Gasteiger charge is 2.35. The molecule has 1 aromatic heterocycles. The Balaban J connectivity index is 1.89. The largest absolute Gasteiger partial charge is 0.465 e. The zero-order chi connectivity index (χ0) is 17.8. The maximum Gasteiger partial charge on any atom is 0.350 e. The molecule has 0 unspecified atom stereocenters. The van der Waals surface area contributed by atoms with E-state index in [0.29, 0.717) is 10.8 Å². The number of nitrogens with zero attached hydrogens (tertiary/aromatic N) is 1. The SMILES string of the molecule is COC(=O)c1sccc1N(C(=O)C1CCC(C)CC1)C1CCNCC1. The predicted molar refractivity (Wildman–Crippen MR) is 100 cm³/mol. The molecule has 1 amide bonds. The lowest BCUT2D eigenvalue weighted by Gasteiger charge is -2.38. The van der Waals surface area contributed by atoms with E-state index in [1.165, 1.54) is 18.4 Å². The number of anilines is 1. The van der Waals surface area contributed by atoms with E-state index < -0.39 is 0 Å². The number of rotatable bonds is 4. The molecule has 1 N–H and O–H groups in total. The highest BCUT2D eigenvalue weighted by Crippen LogP contribution is 2.36. The molecule has 1 saturated carbocycles. The van der Waals surface area contributed by atoms with E-state index >= 15 is 0 Å². The molecule has 0 bridgehead atoms. The second kappa shape index (κ2) is 8.32. The number of ether oxygens (including phenoxy) is 1. The number of methoxy groups -OCH3 is 1. The molecule has 0 radical (unpaired) electrons. The van der Waals surface area contributed by atoms with Gasteiger partial charge in [0.05, 0.1) is 12.8 Å². The fraction of sp³-hybridized carbons (Fsp3) is 0.684. The van der Waals surface area contributed by atoms with Crippen LogP contribution in [0.4, 0.5) is 5.69 Å². The minimum atomic E-state index is -0.353. The Morgan fingerprint density at radius 1 is 1.16 bits per heavy atom. The smallest absolute Gasteiger partial charge is 0.350 e. The summed E-state index contributed by atoms with van der Waals surface area (Å²) >= 11 is 1.35. The number of esters is 1. The summed E-state index contributed by atoms with van der Waals surface area (Å²) in [5, 5.41) is 5.24. The van der Waals surface area contributed by atoms with Gasteiger partial charge in [-0.25, -0.2) is 4.79 Å². The lowest BCUT2D eigenvalue weighted by molar-refractivity contribution is -0.124. The Labute approximate surface area is 153 Å². The summed E-state index contributed by atoms with van der Waals surface area (Å²) < 4.78 is 4.93. The molecule has 5 nitrogen and oxygen atoms in total. The molecule has 1 aliphatic carbocycles. The molecule has 6 heteroatoms. The van der Waals surface area contributed by atoms with Crippen molar-refractivity contribution in [3.8, 4) is 0 Å². The molecule has 1 aliphatic heterocycles. The molecule has 0 aromatic carbocycles. The van der Waals surface area contributed by atoms with Gasteiger partial charge in [0.25, 0.3) is 0 Å². The third kappa shape index (κ3) is 4.06. The van der Waals surface area contributed by atoms with Crippen molar-refractivity contribution >= 4 is 28.9 Å². The quantitative estimate of drug-likeness (QED) is 0.832. The van der Waals surface area contributed by atoms with E-state index in [1.54, 1.807) is 0 Å². The lowest BCUT2D eigenvalue weighted by atomic mass is 9.82. The topological polar surface area (TPSA) is 58.6 Å². The van der Waals surface area contributed by atoms with Gasteiger partial charge in [-0.1, -0.05) is 6.92 Å². The van der Waals surface area contributed by atoms with E-state index in [2.05, 4.69) is 12.2 Å². The monoisotopic (exact) mass is 364 g/mol. The number of hydrogen-bond acceptors (Lipinski definition) is 5. The van der Waals surface area contributed by atoms with Gasteiger partial charge < -0.3 is 15.0 Å². The van der Waals surface area contributed by atoms with Crippen molar-refractivity contribution in [3.05, 3.63) is 16.3 Å². The molecular weight excluding hydrogens is 336 g/mol. The van der Waals surface area contributed by atoms with E-state index in [-0.39, 0.29) is 23.8 Å². The van der Waals surface area contributed by atoms with Gasteiger partial charge in [0.15, 0.2) is 0 Å². The Bertz CT molecular complexity index is 602. The van der Waals surface area contributed by atoms with Crippen molar-refractivity contribution in [1.82, 2.24) is 5.32 Å². The molecule has 138 valence electrons. The van der Waals surface area contributed by atoms with Crippen LogP contribution in [0.5, 0.6) is 0 Å². The summed E-state index contributed by atoms with van der Waals surface area (Å²) in [5.74, 6) is 0.635. The van der Waals surface area contributed by atoms with Crippen LogP contribution >= 0.6 is 11.3 Å². The van der Waals surface area contributed by atoms with E-state index in [4.69, 9.17) is 4.74 Å². The Hall–Kier alpha value is -1.40. The first kappa shape index (κ1) is 18.4. The maximum absolute atomic E-state index is 13.4. The van der Waals surface area contributed by atoms with Crippen molar-refractivity contribution in [3.63, 3.8) is 0 Å². The van der Waals surface area contributed by atoms with Crippen LogP contribution in [-0.2, 0) is 9.53 Å². The van der Waals surface area contributed by atoms with Gasteiger partial charge in [-0.2, -0.15) is 0 Å². The van der Waals surface area contributed by atoms with Crippen LogP contribution in [0.1, 0.15) is 55.1 Å². The van der Waals surface area contributed by atoms with Gasteiger partial charge >= 0.3 is 5.97 Å². The van der Waals surface area contributed by atoms with E-state index in [0.717, 1.165) is 57.3 Å². The minimum Gasteiger partial charge on any atom is -0.465 e. The molecule has 3 rings (SSSR count). The zero-order valence-corrected chi connectivity index (χ0v) is 15.9. The number of thiophene rings is 1. The van der Waals surface area contributed by atoms with E-state index in [1.807, 2.05) is 16.3 Å². The highest BCUT2D eigenvalue weighted by molar-refractivity contribution is 7.12. The minimum absolute atomic E-state index is 0.0801. The van der Waals surface area contributed by atoms with Crippen molar-refractivity contribution < 1.29 is 14.3 Å². The molecule has 2 heterocycles. The summed E-state index contributed by atoms with van der Waals surface area (Å²) in [7, 11) is 1.39. The number of nitrogens with one attached hydrogen (secondary N) is 1. The summed E-state index contributed by atoms with van der Waals surface area (Å²) in [6, 6.07) is 2.06. The maximum atomic E-state index is 13.4. The summed E-state index contributed by atoms with van der Waals surface area (Å²) in [6.07, 6.45) is 5.99. The third-order valence-electron chi connectivity index (χ3n) is 5.55. The normalized spacial score (nSPS) is 24.7. The summed E-state index contributed by atoms with van der Waals surface area (Å²) in [5.41, 5.74) is 0.743. The van der Waals surface area contributed by atoms with Crippen LogP contribution in [0.3, 0.4) is 0 Å². The first-order valence-corrected chi connectivity index (χ1v) is 10.2. The van der Waals surface area contributed by atoms with Crippen molar-refractivity contribution in [2.75, 3.05) is 25.1 Å². The van der Waals surface area contributed by atoms with Gasteiger partial charge in [-0.3, -0.25) is 4.79 Å². The summed E-state index contributed by atoms with van der Waals surface area (Å²) in [4.78, 5) is 28.1. The van der Waals surface area contributed by atoms with Gasteiger partial charge in [0.2, 0.25) is 5.91 Å². The average molecular weight is 365 g/mol. The number of amides is 1. The summed E-state index contributed by atoms with van der Waals surface area (Å²) in [6.45, 7) is 4.08. The molecule has 1 saturated heterocycles. The predicted octanol–water partition coefficient (Wildman–Crippen LogP) is 3.45. The van der Waals surface area contributed by atoms with Crippen LogP contribution in [0.2, 0.25) is 0 Å². The fourth-order valence-electron chi connectivity index (χ4n) is 4.00. The van der Waals surface area contributed by atoms with Crippen LogP contribution in [-0.4, -0.2) is 38.1 Å². The molecule has 2 fully saturated rings.